The number of ether oxygens (including phenoxy) is 1. The van der Waals surface area contributed by atoms with Gasteiger partial charge in [0, 0.05) is 38.3 Å². The summed E-state index contributed by atoms with van der Waals surface area (Å²) >= 11 is 0. The van der Waals surface area contributed by atoms with E-state index in [1.165, 1.54) is 0 Å². The summed E-state index contributed by atoms with van der Waals surface area (Å²) < 4.78 is 32.6. The molecule has 23 heavy (non-hydrogen) atoms. The van der Waals surface area contributed by atoms with Crippen LogP contribution in [-0.2, 0) is 11.3 Å². The molecule has 7 heteroatoms. The number of hydrogen-bond donors (Lipinski definition) is 0. The van der Waals surface area contributed by atoms with Crippen LogP contribution in [0.1, 0.15) is 25.8 Å². The van der Waals surface area contributed by atoms with Crippen LogP contribution in [0.25, 0.3) is 0 Å². The zero-order valence-electron chi connectivity index (χ0n) is 13.6. The second-order valence-corrected chi connectivity index (χ2v) is 6.17. The molecule has 128 valence electrons. The molecule has 0 spiro atoms. The van der Waals surface area contributed by atoms with Crippen molar-refractivity contribution in [3.05, 3.63) is 29.6 Å². The SMILES string of the molecule is CC(C)COC(=O)N1CCCN(Cc2c(F)cncc2F)CC1. The first-order chi connectivity index (χ1) is 11.0. The Labute approximate surface area is 135 Å². The Bertz CT molecular complexity index is 520. The maximum Gasteiger partial charge on any atom is 0.409 e. The molecule has 1 aliphatic heterocycles. The Morgan fingerprint density at radius 2 is 1.91 bits per heavy atom. The summed E-state index contributed by atoms with van der Waals surface area (Å²) in [6.07, 6.45) is 2.46. The fourth-order valence-corrected chi connectivity index (χ4v) is 2.45. The number of nitrogens with zero attached hydrogens (tertiary/aromatic N) is 3. The van der Waals surface area contributed by atoms with Crippen molar-refractivity contribution >= 4 is 6.09 Å². The number of aromatic nitrogens is 1. The molecule has 1 aromatic rings. The van der Waals surface area contributed by atoms with E-state index in [0.717, 1.165) is 18.8 Å². The summed E-state index contributed by atoms with van der Waals surface area (Å²) in [5.41, 5.74) is 0.0239. The lowest BCUT2D eigenvalue weighted by atomic mass is 10.2. The second-order valence-electron chi connectivity index (χ2n) is 6.17. The van der Waals surface area contributed by atoms with Gasteiger partial charge in [0.2, 0.25) is 0 Å². The summed E-state index contributed by atoms with van der Waals surface area (Å²) in [6.45, 7) is 6.85. The Morgan fingerprint density at radius 1 is 1.22 bits per heavy atom. The molecule has 1 saturated heterocycles. The van der Waals surface area contributed by atoms with Gasteiger partial charge in [0.15, 0.2) is 0 Å². The van der Waals surface area contributed by atoms with E-state index < -0.39 is 11.6 Å². The molecule has 0 N–H and O–H groups in total. The smallest absolute Gasteiger partial charge is 0.409 e. The number of amides is 1. The van der Waals surface area contributed by atoms with Crippen LogP contribution in [0, 0.1) is 17.6 Å². The third kappa shape index (κ3) is 5.13. The molecule has 1 aliphatic rings. The lowest BCUT2D eigenvalue weighted by Gasteiger charge is -2.22. The maximum atomic E-state index is 13.7. The van der Waals surface area contributed by atoms with Crippen molar-refractivity contribution in [3.8, 4) is 0 Å². The van der Waals surface area contributed by atoms with Crippen LogP contribution in [0.5, 0.6) is 0 Å². The maximum absolute atomic E-state index is 13.7. The lowest BCUT2D eigenvalue weighted by Crippen LogP contribution is -2.36. The van der Waals surface area contributed by atoms with Gasteiger partial charge in [0.25, 0.3) is 0 Å². The normalized spacial score (nSPS) is 16.5. The molecule has 1 amide bonds. The van der Waals surface area contributed by atoms with E-state index in [-0.39, 0.29) is 18.2 Å². The fourth-order valence-electron chi connectivity index (χ4n) is 2.45. The zero-order chi connectivity index (χ0) is 16.8. The molecule has 0 atom stereocenters. The largest absolute Gasteiger partial charge is 0.449 e. The number of rotatable bonds is 4. The highest BCUT2D eigenvalue weighted by molar-refractivity contribution is 5.67. The summed E-state index contributed by atoms with van der Waals surface area (Å²) in [4.78, 5) is 19.1. The fraction of sp³-hybridized carbons (Fsp3) is 0.625. The first-order valence-corrected chi connectivity index (χ1v) is 7.89. The predicted octanol–water partition coefficient (Wildman–Crippen LogP) is 2.66. The Balaban J connectivity index is 1.90. The van der Waals surface area contributed by atoms with E-state index in [2.05, 4.69) is 4.98 Å². The molecule has 0 saturated carbocycles. The van der Waals surface area contributed by atoms with Crippen LogP contribution >= 0.6 is 0 Å². The van der Waals surface area contributed by atoms with Gasteiger partial charge in [0.05, 0.1) is 19.0 Å². The average molecular weight is 327 g/mol. The van der Waals surface area contributed by atoms with E-state index in [9.17, 15) is 13.6 Å². The van der Waals surface area contributed by atoms with Gasteiger partial charge in [-0.3, -0.25) is 9.88 Å². The molecule has 0 aromatic carbocycles. The number of carbonyl (C=O) groups is 1. The summed E-state index contributed by atoms with van der Waals surface area (Å²) in [5, 5.41) is 0. The Morgan fingerprint density at radius 3 is 2.57 bits per heavy atom. The van der Waals surface area contributed by atoms with Crippen molar-refractivity contribution < 1.29 is 18.3 Å². The molecule has 2 rings (SSSR count). The van der Waals surface area contributed by atoms with Crippen LogP contribution in [0.3, 0.4) is 0 Å². The van der Waals surface area contributed by atoms with E-state index in [4.69, 9.17) is 4.74 Å². The highest BCUT2D eigenvalue weighted by atomic mass is 19.1. The molecule has 0 radical (unpaired) electrons. The molecule has 0 unspecified atom stereocenters. The van der Waals surface area contributed by atoms with E-state index in [0.29, 0.717) is 38.7 Å². The van der Waals surface area contributed by atoms with Crippen molar-refractivity contribution in [3.63, 3.8) is 0 Å². The van der Waals surface area contributed by atoms with Crippen LogP contribution in [0.15, 0.2) is 12.4 Å². The molecule has 2 heterocycles. The number of halogens is 2. The monoisotopic (exact) mass is 327 g/mol. The topological polar surface area (TPSA) is 45.7 Å². The van der Waals surface area contributed by atoms with Gasteiger partial charge in [-0.15, -0.1) is 0 Å². The summed E-state index contributed by atoms with van der Waals surface area (Å²) in [7, 11) is 0. The quantitative estimate of drug-likeness (QED) is 0.853. The van der Waals surface area contributed by atoms with Gasteiger partial charge in [-0.1, -0.05) is 13.8 Å². The van der Waals surface area contributed by atoms with Crippen LogP contribution in [0.2, 0.25) is 0 Å². The average Bonchev–Trinajstić information content (AvgIpc) is 2.74. The predicted molar refractivity (Wildman–Crippen MR) is 81.8 cm³/mol. The highest BCUT2D eigenvalue weighted by Gasteiger charge is 2.22. The van der Waals surface area contributed by atoms with E-state index in [1.54, 1.807) is 4.90 Å². The number of pyridine rings is 1. The van der Waals surface area contributed by atoms with E-state index in [1.807, 2.05) is 18.7 Å². The van der Waals surface area contributed by atoms with Crippen molar-refractivity contribution in [1.82, 2.24) is 14.8 Å². The minimum absolute atomic E-state index is 0.0239. The third-order valence-electron chi connectivity index (χ3n) is 3.72. The molecular formula is C16H23F2N3O2. The number of hydrogen-bond acceptors (Lipinski definition) is 4. The van der Waals surface area contributed by atoms with Crippen LogP contribution in [-0.4, -0.2) is 53.7 Å². The van der Waals surface area contributed by atoms with Crippen molar-refractivity contribution in [1.29, 1.82) is 0 Å². The Kier molecular flexibility index (Phi) is 6.27. The van der Waals surface area contributed by atoms with Gasteiger partial charge >= 0.3 is 6.09 Å². The standard InChI is InChI=1S/C16H23F2N3O2/c1-12(2)11-23-16(22)21-5-3-4-20(6-7-21)10-13-14(17)8-19-9-15(13)18/h8-9,12H,3-7,10-11H2,1-2H3. The van der Waals surface area contributed by atoms with Gasteiger partial charge in [-0.2, -0.15) is 0 Å². The minimum atomic E-state index is -0.637. The molecule has 1 fully saturated rings. The summed E-state index contributed by atoms with van der Waals surface area (Å²) in [5.74, 6) is -0.982. The molecular weight excluding hydrogens is 304 g/mol. The van der Waals surface area contributed by atoms with Gasteiger partial charge in [-0.05, 0) is 12.3 Å². The summed E-state index contributed by atoms with van der Waals surface area (Å²) in [6, 6.07) is 0. The minimum Gasteiger partial charge on any atom is -0.449 e. The molecule has 1 aromatic heterocycles. The molecule has 0 aliphatic carbocycles. The lowest BCUT2D eigenvalue weighted by molar-refractivity contribution is 0.0929. The third-order valence-corrected chi connectivity index (χ3v) is 3.72. The van der Waals surface area contributed by atoms with Crippen LogP contribution < -0.4 is 0 Å². The second kappa shape index (κ2) is 8.19. The first-order valence-electron chi connectivity index (χ1n) is 7.89. The van der Waals surface area contributed by atoms with Gasteiger partial charge < -0.3 is 9.64 Å². The van der Waals surface area contributed by atoms with Crippen molar-refractivity contribution in [2.75, 3.05) is 32.8 Å². The highest BCUT2D eigenvalue weighted by Crippen LogP contribution is 2.15. The van der Waals surface area contributed by atoms with Crippen LogP contribution in [0.4, 0.5) is 13.6 Å². The first kappa shape index (κ1) is 17.6. The Hall–Kier alpha value is -1.76. The zero-order valence-corrected chi connectivity index (χ0v) is 13.6. The number of carbonyl (C=O) groups excluding carboxylic acids is 1. The van der Waals surface area contributed by atoms with Gasteiger partial charge in [-0.25, -0.2) is 13.6 Å². The van der Waals surface area contributed by atoms with E-state index >= 15 is 0 Å². The molecule has 0 bridgehead atoms. The van der Waals surface area contributed by atoms with Crippen molar-refractivity contribution in [2.45, 2.75) is 26.8 Å². The molecule has 5 nitrogen and oxygen atoms in total. The van der Waals surface area contributed by atoms with Crippen molar-refractivity contribution in [2.24, 2.45) is 5.92 Å². The van der Waals surface area contributed by atoms with Gasteiger partial charge in [0.1, 0.15) is 11.6 Å².